The Bertz CT molecular complexity index is 1320. The van der Waals surface area contributed by atoms with Gasteiger partial charge in [-0.05, 0) is 63.8 Å². The van der Waals surface area contributed by atoms with Crippen LogP contribution in [-0.4, -0.2) is 33.8 Å². The summed E-state index contributed by atoms with van der Waals surface area (Å²) in [7, 11) is 0. The average Bonchev–Trinajstić information content (AvgIpc) is 3.60. The Morgan fingerprint density at radius 3 is 2.70 bits per heavy atom. The zero-order valence-electron chi connectivity index (χ0n) is 21.7. The van der Waals surface area contributed by atoms with Gasteiger partial charge in [-0.2, -0.15) is 5.26 Å². The number of rotatable bonds is 5. The van der Waals surface area contributed by atoms with Crippen molar-refractivity contribution >= 4 is 17.8 Å². The highest BCUT2D eigenvalue weighted by atomic mass is 16.5. The Balaban J connectivity index is 1.42. The molecule has 2 aliphatic heterocycles. The number of hydrogen-bond acceptors (Lipinski definition) is 6. The number of para-hydroxylation sites is 1. The van der Waals surface area contributed by atoms with E-state index in [1.807, 2.05) is 58.0 Å². The monoisotopic (exact) mass is 499 g/mol. The fourth-order valence-corrected chi connectivity index (χ4v) is 5.74. The van der Waals surface area contributed by atoms with Crippen LogP contribution in [0.3, 0.4) is 0 Å². The number of carbonyl (C=O) groups excluding carboxylic acids is 2. The Labute approximate surface area is 217 Å². The van der Waals surface area contributed by atoms with E-state index in [9.17, 15) is 14.9 Å². The van der Waals surface area contributed by atoms with Crippen molar-refractivity contribution in [3.05, 3.63) is 65.2 Å². The molecule has 2 aromatic carbocycles. The molecule has 0 bridgehead atoms. The van der Waals surface area contributed by atoms with E-state index in [0.29, 0.717) is 18.4 Å². The highest BCUT2D eigenvalue weighted by Crippen LogP contribution is 2.52. The Kier molecular flexibility index (Phi) is 5.98. The van der Waals surface area contributed by atoms with Gasteiger partial charge in [0, 0.05) is 17.9 Å². The van der Waals surface area contributed by atoms with Gasteiger partial charge < -0.3 is 15.8 Å². The Morgan fingerprint density at radius 1 is 1.22 bits per heavy atom. The van der Waals surface area contributed by atoms with Gasteiger partial charge in [0.2, 0.25) is 11.8 Å². The van der Waals surface area contributed by atoms with E-state index < -0.39 is 17.2 Å². The van der Waals surface area contributed by atoms with Crippen LogP contribution in [0.1, 0.15) is 75.7 Å². The van der Waals surface area contributed by atoms with Gasteiger partial charge in [0.1, 0.15) is 11.4 Å². The first-order valence-corrected chi connectivity index (χ1v) is 12.7. The molecule has 2 amide bonds. The molecule has 0 spiro atoms. The minimum atomic E-state index is -0.583. The lowest BCUT2D eigenvalue weighted by atomic mass is 9.89. The molecule has 0 radical (unpaired) electrons. The van der Waals surface area contributed by atoms with Gasteiger partial charge in [0.25, 0.3) is 0 Å². The molecule has 3 aliphatic rings. The summed E-state index contributed by atoms with van der Waals surface area (Å²) in [6.07, 6.45) is 1.49. The maximum atomic E-state index is 13.5. The van der Waals surface area contributed by atoms with Crippen LogP contribution in [-0.2, 0) is 9.59 Å². The van der Waals surface area contributed by atoms with Crippen LogP contribution in [0.25, 0.3) is 0 Å². The first-order valence-electron chi connectivity index (χ1n) is 12.7. The molecule has 2 unspecified atom stereocenters. The molecular weight excluding hydrogens is 466 g/mol. The number of nitrogens with zero attached hydrogens (tertiary/aromatic N) is 3. The molecule has 0 aromatic heterocycles. The molecule has 0 saturated heterocycles. The van der Waals surface area contributed by atoms with E-state index in [1.54, 1.807) is 18.2 Å². The third-order valence-corrected chi connectivity index (χ3v) is 7.43. The van der Waals surface area contributed by atoms with Crippen LogP contribution in [0, 0.1) is 23.2 Å². The number of fused-ring (bicyclic) bond motifs is 1. The summed E-state index contributed by atoms with van der Waals surface area (Å²) in [4.78, 5) is 33.0. The molecule has 1 fully saturated rings. The minimum absolute atomic E-state index is 0.0516. The van der Waals surface area contributed by atoms with Crippen LogP contribution >= 0.6 is 0 Å². The number of nitrogens with two attached hydrogens (primary N) is 1. The second-order valence-corrected chi connectivity index (χ2v) is 11.6. The molecule has 8 heteroatoms. The third-order valence-electron chi connectivity index (χ3n) is 7.43. The molecular formula is C29H33N5O3. The van der Waals surface area contributed by atoms with Crippen molar-refractivity contribution in [1.29, 1.82) is 5.26 Å². The zero-order valence-corrected chi connectivity index (χ0v) is 21.7. The SMILES string of the molecule is CC1(C)CC(=O)N([C@H](c2cccc(C#N)c2)C2CC2C(=O)N[C@H]2CC(C)(C)Oc3ccccc32)C(N)=N1. The second kappa shape index (κ2) is 8.91. The molecule has 8 nitrogen and oxygen atoms in total. The third kappa shape index (κ3) is 4.91. The van der Waals surface area contributed by atoms with E-state index in [4.69, 9.17) is 10.5 Å². The van der Waals surface area contributed by atoms with Gasteiger partial charge in [-0.15, -0.1) is 0 Å². The summed E-state index contributed by atoms with van der Waals surface area (Å²) < 4.78 is 6.12. The van der Waals surface area contributed by atoms with Crippen LogP contribution in [0.4, 0.5) is 0 Å². The molecule has 1 aliphatic carbocycles. The summed E-state index contributed by atoms with van der Waals surface area (Å²) in [5.41, 5.74) is 7.60. The molecule has 5 rings (SSSR count). The fourth-order valence-electron chi connectivity index (χ4n) is 5.74. The number of amides is 2. The number of nitriles is 1. The number of nitrogens with one attached hydrogen (secondary N) is 1. The Morgan fingerprint density at radius 2 is 1.97 bits per heavy atom. The van der Waals surface area contributed by atoms with Gasteiger partial charge in [-0.3, -0.25) is 14.5 Å². The van der Waals surface area contributed by atoms with Crippen molar-refractivity contribution in [3.63, 3.8) is 0 Å². The number of aliphatic imine (C=N–C) groups is 1. The largest absolute Gasteiger partial charge is 0.487 e. The van der Waals surface area contributed by atoms with Crippen molar-refractivity contribution in [2.75, 3.05) is 0 Å². The number of benzene rings is 2. The molecule has 192 valence electrons. The van der Waals surface area contributed by atoms with Crippen LogP contribution in [0.5, 0.6) is 5.75 Å². The maximum absolute atomic E-state index is 13.5. The van der Waals surface area contributed by atoms with Gasteiger partial charge >= 0.3 is 0 Å². The average molecular weight is 500 g/mol. The molecule has 4 atom stereocenters. The predicted molar refractivity (Wildman–Crippen MR) is 139 cm³/mol. The molecule has 2 heterocycles. The highest BCUT2D eigenvalue weighted by Gasteiger charge is 2.53. The minimum Gasteiger partial charge on any atom is -0.487 e. The van der Waals surface area contributed by atoms with E-state index in [1.165, 1.54) is 4.90 Å². The van der Waals surface area contributed by atoms with E-state index in [2.05, 4.69) is 16.4 Å². The van der Waals surface area contributed by atoms with E-state index in [0.717, 1.165) is 16.9 Å². The van der Waals surface area contributed by atoms with Crippen molar-refractivity contribution in [2.45, 2.75) is 70.2 Å². The lowest BCUT2D eigenvalue weighted by Crippen LogP contribution is -2.52. The molecule has 1 saturated carbocycles. The summed E-state index contributed by atoms with van der Waals surface area (Å²) in [5, 5.41) is 12.7. The smallest absolute Gasteiger partial charge is 0.232 e. The maximum Gasteiger partial charge on any atom is 0.232 e. The number of carbonyl (C=O) groups is 2. The van der Waals surface area contributed by atoms with Crippen molar-refractivity contribution < 1.29 is 14.3 Å². The normalized spacial score (nSPS) is 26.1. The topological polar surface area (TPSA) is 121 Å². The summed E-state index contributed by atoms with van der Waals surface area (Å²) in [6.45, 7) is 7.79. The number of guanidine groups is 1. The van der Waals surface area contributed by atoms with Crippen molar-refractivity contribution in [1.82, 2.24) is 10.2 Å². The van der Waals surface area contributed by atoms with Gasteiger partial charge in [-0.25, -0.2) is 4.99 Å². The van der Waals surface area contributed by atoms with Crippen molar-refractivity contribution in [2.24, 2.45) is 22.6 Å². The standard InChI is InChI=1S/C29H33N5O3/c1-28(2)15-24(35)34(27(31)33-28)25(18-9-7-8-17(12-18)16-30)20-13-21(20)26(36)32-22-14-29(3,4)37-23-11-6-5-10-19(22)23/h5-12,20-22,25H,13-15H2,1-4H3,(H2,31,33)(H,32,36)/t20?,21?,22-,25+/m0/s1. The molecule has 3 N–H and O–H groups in total. The predicted octanol–water partition coefficient (Wildman–Crippen LogP) is 3.98. The van der Waals surface area contributed by atoms with Gasteiger partial charge in [-0.1, -0.05) is 30.3 Å². The fraction of sp³-hybridized carbons (Fsp3) is 0.448. The lowest BCUT2D eigenvalue weighted by Gasteiger charge is -2.39. The first-order chi connectivity index (χ1) is 17.5. The van der Waals surface area contributed by atoms with Gasteiger partial charge in [0.15, 0.2) is 5.96 Å². The molecule has 37 heavy (non-hydrogen) atoms. The quantitative estimate of drug-likeness (QED) is 0.645. The number of hydrogen-bond donors (Lipinski definition) is 2. The summed E-state index contributed by atoms with van der Waals surface area (Å²) in [5.74, 6) is 0.327. The second-order valence-electron chi connectivity index (χ2n) is 11.6. The zero-order chi connectivity index (χ0) is 26.5. The van der Waals surface area contributed by atoms with Crippen LogP contribution in [0.15, 0.2) is 53.5 Å². The first kappa shape index (κ1) is 24.8. The lowest BCUT2D eigenvalue weighted by molar-refractivity contribution is -0.132. The van der Waals surface area contributed by atoms with Crippen molar-refractivity contribution in [3.8, 4) is 11.8 Å². The van der Waals surface area contributed by atoms with E-state index >= 15 is 0 Å². The summed E-state index contributed by atoms with van der Waals surface area (Å²) >= 11 is 0. The highest BCUT2D eigenvalue weighted by molar-refractivity contribution is 5.99. The molecule has 2 aromatic rings. The van der Waals surface area contributed by atoms with Crippen LogP contribution < -0.4 is 15.8 Å². The number of ether oxygens (including phenoxy) is 1. The van der Waals surface area contributed by atoms with E-state index in [-0.39, 0.29) is 42.1 Å². The Hall–Kier alpha value is -3.86. The van der Waals surface area contributed by atoms with Gasteiger partial charge in [0.05, 0.1) is 35.7 Å². The summed E-state index contributed by atoms with van der Waals surface area (Å²) in [6, 6.07) is 16.5. The van der Waals surface area contributed by atoms with Crippen LogP contribution in [0.2, 0.25) is 0 Å².